The first-order chi connectivity index (χ1) is 11.7. The van der Waals surface area contributed by atoms with Crippen molar-refractivity contribution in [1.29, 1.82) is 0 Å². The molecule has 0 radical (unpaired) electrons. The van der Waals surface area contributed by atoms with Crippen LogP contribution in [0.1, 0.15) is 24.5 Å². The maximum absolute atomic E-state index is 9.24. The van der Waals surface area contributed by atoms with Crippen molar-refractivity contribution in [3.05, 3.63) is 52.8 Å². The Labute approximate surface area is 147 Å². The van der Waals surface area contributed by atoms with Gasteiger partial charge < -0.3 is 19.9 Å². The van der Waals surface area contributed by atoms with Crippen LogP contribution in [0.3, 0.4) is 0 Å². The lowest BCUT2D eigenvalue weighted by Crippen LogP contribution is -2.31. The Kier molecular flexibility index (Phi) is 7.31. The van der Waals surface area contributed by atoms with E-state index >= 15 is 0 Å². The van der Waals surface area contributed by atoms with Gasteiger partial charge in [-0.3, -0.25) is 4.98 Å². The van der Waals surface area contributed by atoms with Crippen LogP contribution in [-0.4, -0.2) is 29.8 Å². The van der Waals surface area contributed by atoms with E-state index in [9.17, 15) is 5.11 Å². The van der Waals surface area contributed by atoms with Gasteiger partial charge in [0.05, 0.1) is 18.7 Å². The zero-order valence-electron chi connectivity index (χ0n) is 14.0. The first-order valence-electron chi connectivity index (χ1n) is 7.90. The van der Waals surface area contributed by atoms with Crippen LogP contribution in [0.4, 0.5) is 0 Å². The maximum atomic E-state index is 9.24. The van der Waals surface area contributed by atoms with Crippen LogP contribution < -0.4 is 14.8 Å². The van der Waals surface area contributed by atoms with E-state index in [1.165, 1.54) is 0 Å². The third kappa shape index (κ3) is 5.09. The van der Waals surface area contributed by atoms with Crippen molar-refractivity contribution in [2.24, 2.45) is 0 Å². The number of nitrogens with one attached hydrogen (secondary N) is 1. The molecule has 0 aliphatic heterocycles. The largest absolute Gasteiger partial charge is 0.493 e. The summed E-state index contributed by atoms with van der Waals surface area (Å²) < 4.78 is 11.2. The third-order valence-corrected chi connectivity index (χ3v) is 3.98. The minimum Gasteiger partial charge on any atom is -0.493 e. The van der Waals surface area contributed by atoms with Gasteiger partial charge in [0.25, 0.3) is 0 Å². The number of hydrogen-bond acceptors (Lipinski definition) is 5. The van der Waals surface area contributed by atoms with E-state index in [1.807, 2.05) is 31.2 Å². The number of rotatable bonds is 9. The number of aromatic nitrogens is 1. The lowest BCUT2D eigenvalue weighted by molar-refractivity contribution is 0.238. The molecule has 0 saturated heterocycles. The molecule has 1 unspecified atom stereocenters. The van der Waals surface area contributed by atoms with Gasteiger partial charge in [-0.05, 0) is 30.2 Å². The molecule has 1 atom stereocenters. The normalized spacial score (nSPS) is 12.0. The Bertz CT molecular complexity index is 634. The molecular formula is C18H23ClN2O3. The van der Waals surface area contributed by atoms with Crippen LogP contribution in [0.5, 0.6) is 11.5 Å². The Balaban J connectivity index is 2.09. The number of ether oxygens (including phenoxy) is 2. The van der Waals surface area contributed by atoms with Crippen LogP contribution in [0, 0.1) is 0 Å². The smallest absolute Gasteiger partial charge is 0.180 e. The molecule has 0 bridgehead atoms. The molecule has 24 heavy (non-hydrogen) atoms. The third-order valence-electron chi connectivity index (χ3n) is 3.70. The van der Waals surface area contributed by atoms with Crippen LogP contribution in [0.15, 0.2) is 36.7 Å². The molecule has 0 aliphatic carbocycles. The molecule has 1 aromatic heterocycles. The van der Waals surface area contributed by atoms with Gasteiger partial charge in [-0.1, -0.05) is 24.6 Å². The van der Waals surface area contributed by atoms with Crippen molar-refractivity contribution in [2.45, 2.75) is 32.5 Å². The van der Waals surface area contributed by atoms with Crippen molar-refractivity contribution >= 4 is 11.6 Å². The molecule has 2 N–H and O–H groups in total. The zero-order chi connectivity index (χ0) is 17.4. The molecule has 0 spiro atoms. The number of benzene rings is 1. The summed E-state index contributed by atoms with van der Waals surface area (Å²) in [5.74, 6) is 1.10. The average Bonchev–Trinajstić information content (AvgIpc) is 2.62. The summed E-state index contributed by atoms with van der Waals surface area (Å²) in [6, 6.07) is 7.60. The summed E-state index contributed by atoms with van der Waals surface area (Å²) in [6.45, 7) is 3.09. The molecule has 6 heteroatoms. The summed E-state index contributed by atoms with van der Waals surface area (Å²) >= 11 is 6.36. The Hall–Kier alpha value is -1.82. The van der Waals surface area contributed by atoms with Gasteiger partial charge >= 0.3 is 0 Å². The molecule has 0 amide bonds. The number of methoxy groups -OCH3 is 1. The molecule has 130 valence electrons. The molecule has 0 aliphatic rings. The molecule has 5 nitrogen and oxygen atoms in total. The number of halogens is 1. The number of aliphatic hydroxyl groups is 1. The fourth-order valence-electron chi connectivity index (χ4n) is 2.25. The van der Waals surface area contributed by atoms with Gasteiger partial charge in [0.15, 0.2) is 11.5 Å². The highest BCUT2D eigenvalue weighted by Gasteiger charge is 2.13. The first-order valence-corrected chi connectivity index (χ1v) is 8.28. The van der Waals surface area contributed by atoms with E-state index in [0.29, 0.717) is 29.7 Å². The Morgan fingerprint density at radius 2 is 2.17 bits per heavy atom. The molecule has 1 aromatic carbocycles. The van der Waals surface area contributed by atoms with Crippen LogP contribution in [0.25, 0.3) is 0 Å². The van der Waals surface area contributed by atoms with Gasteiger partial charge in [-0.15, -0.1) is 0 Å². The Morgan fingerprint density at radius 3 is 2.79 bits per heavy atom. The second-order valence-corrected chi connectivity index (χ2v) is 5.83. The fraction of sp³-hybridized carbons (Fsp3) is 0.389. The predicted octanol–water partition coefficient (Wildman–Crippen LogP) is 3.18. The van der Waals surface area contributed by atoms with Gasteiger partial charge in [0.1, 0.15) is 6.61 Å². The molecule has 0 fully saturated rings. The van der Waals surface area contributed by atoms with Gasteiger partial charge in [0.2, 0.25) is 0 Å². The first kappa shape index (κ1) is 18.5. The highest BCUT2D eigenvalue weighted by atomic mass is 35.5. The van der Waals surface area contributed by atoms with Gasteiger partial charge in [-0.2, -0.15) is 0 Å². The van der Waals surface area contributed by atoms with Crippen LogP contribution >= 0.6 is 11.6 Å². The lowest BCUT2D eigenvalue weighted by atomic mass is 10.1. The average molecular weight is 351 g/mol. The topological polar surface area (TPSA) is 63.6 Å². The Morgan fingerprint density at radius 1 is 1.33 bits per heavy atom. The summed E-state index contributed by atoms with van der Waals surface area (Å²) in [6.07, 6.45) is 4.32. The number of pyridine rings is 1. The van der Waals surface area contributed by atoms with E-state index in [4.69, 9.17) is 21.1 Å². The number of hydrogen-bond donors (Lipinski definition) is 2. The van der Waals surface area contributed by atoms with Crippen molar-refractivity contribution in [2.75, 3.05) is 13.7 Å². The summed E-state index contributed by atoms with van der Waals surface area (Å²) in [4.78, 5) is 4.06. The van der Waals surface area contributed by atoms with Crippen LogP contribution in [0.2, 0.25) is 5.02 Å². The predicted molar refractivity (Wildman–Crippen MR) is 94.6 cm³/mol. The highest BCUT2D eigenvalue weighted by Crippen LogP contribution is 2.37. The monoisotopic (exact) mass is 350 g/mol. The second-order valence-electron chi connectivity index (χ2n) is 5.43. The summed E-state index contributed by atoms with van der Waals surface area (Å²) in [7, 11) is 1.59. The zero-order valence-corrected chi connectivity index (χ0v) is 14.7. The molecular weight excluding hydrogens is 328 g/mol. The fourth-order valence-corrected chi connectivity index (χ4v) is 2.54. The van der Waals surface area contributed by atoms with E-state index in [0.717, 1.165) is 17.5 Å². The van der Waals surface area contributed by atoms with Gasteiger partial charge in [-0.25, -0.2) is 0 Å². The quantitative estimate of drug-likeness (QED) is 0.727. The molecule has 0 saturated carbocycles. The lowest BCUT2D eigenvalue weighted by Gasteiger charge is -2.17. The standard InChI is InChI=1S/C18H23ClN2O3/c1-3-15(11-22)21-10-14-7-16(19)18(17(8-14)23-2)24-12-13-5-4-6-20-9-13/h4-9,15,21-22H,3,10-12H2,1-2H3. The van der Waals surface area contributed by atoms with E-state index < -0.39 is 0 Å². The second kappa shape index (κ2) is 9.47. The van der Waals surface area contributed by atoms with Crippen molar-refractivity contribution in [3.8, 4) is 11.5 Å². The summed E-state index contributed by atoms with van der Waals surface area (Å²) in [5, 5.41) is 13.0. The van der Waals surface area contributed by atoms with Crippen molar-refractivity contribution in [3.63, 3.8) is 0 Å². The molecule has 2 rings (SSSR count). The maximum Gasteiger partial charge on any atom is 0.180 e. The van der Waals surface area contributed by atoms with E-state index in [2.05, 4.69) is 10.3 Å². The van der Waals surface area contributed by atoms with Crippen molar-refractivity contribution in [1.82, 2.24) is 10.3 Å². The highest BCUT2D eigenvalue weighted by molar-refractivity contribution is 6.32. The molecule has 2 aromatic rings. The van der Waals surface area contributed by atoms with Crippen LogP contribution in [-0.2, 0) is 13.2 Å². The van der Waals surface area contributed by atoms with E-state index in [-0.39, 0.29) is 12.6 Å². The number of aliphatic hydroxyl groups excluding tert-OH is 1. The minimum atomic E-state index is 0.0660. The minimum absolute atomic E-state index is 0.0660. The molecule has 1 heterocycles. The van der Waals surface area contributed by atoms with Gasteiger partial charge in [0, 0.05) is 30.5 Å². The SMILES string of the molecule is CCC(CO)NCc1cc(Cl)c(OCc2cccnc2)c(OC)c1. The van der Waals surface area contributed by atoms with E-state index in [1.54, 1.807) is 19.5 Å². The number of nitrogens with zero attached hydrogens (tertiary/aromatic N) is 1. The summed E-state index contributed by atoms with van der Waals surface area (Å²) in [5.41, 5.74) is 1.92. The van der Waals surface area contributed by atoms with Crippen molar-refractivity contribution < 1.29 is 14.6 Å².